The lowest BCUT2D eigenvalue weighted by Crippen LogP contribution is -2.35. The Labute approximate surface area is 69.4 Å². The van der Waals surface area contributed by atoms with Crippen molar-refractivity contribution in [3.8, 4) is 0 Å². The van der Waals surface area contributed by atoms with Crippen LogP contribution in [0.4, 0.5) is 0 Å². The summed E-state index contributed by atoms with van der Waals surface area (Å²) in [5.41, 5.74) is -1.08. The second-order valence-corrected chi connectivity index (χ2v) is 3.08. The van der Waals surface area contributed by atoms with E-state index in [0.29, 0.717) is 13.0 Å². The van der Waals surface area contributed by atoms with Gasteiger partial charge in [0.2, 0.25) is 0 Å². The Hall–Kier alpha value is -1.10. The minimum Gasteiger partial charge on any atom is -0.481 e. The topological polar surface area (TPSA) is 86.6 Å². The fraction of sp³-hybridized carbons (Fsp3) is 0.714. The molecule has 68 valence electrons. The van der Waals surface area contributed by atoms with Crippen molar-refractivity contribution in [3.05, 3.63) is 0 Å². The quantitative estimate of drug-likeness (QED) is 0.537. The van der Waals surface area contributed by atoms with Crippen molar-refractivity contribution in [2.24, 2.45) is 5.41 Å². The molecule has 1 rings (SSSR count). The Balaban J connectivity index is 2.72. The van der Waals surface area contributed by atoms with E-state index >= 15 is 0 Å². The minimum atomic E-state index is -1.08. The lowest BCUT2D eigenvalue weighted by molar-refractivity contribution is -0.154. The number of carbonyl (C=O) groups is 2. The number of rotatable bonds is 3. The maximum atomic E-state index is 10.8. The fourth-order valence-electron chi connectivity index (χ4n) is 1.44. The van der Waals surface area contributed by atoms with E-state index in [1.54, 1.807) is 0 Å². The van der Waals surface area contributed by atoms with E-state index in [0.717, 1.165) is 0 Å². The first-order valence-corrected chi connectivity index (χ1v) is 3.73. The van der Waals surface area contributed by atoms with Crippen LogP contribution in [0.25, 0.3) is 0 Å². The minimum absolute atomic E-state index is 0.259. The highest BCUT2D eigenvalue weighted by Crippen LogP contribution is 2.29. The molecule has 1 fully saturated rings. The van der Waals surface area contributed by atoms with Crippen molar-refractivity contribution in [1.82, 2.24) is 5.32 Å². The van der Waals surface area contributed by atoms with Gasteiger partial charge in [-0.15, -0.1) is 0 Å². The van der Waals surface area contributed by atoms with Crippen LogP contribution in [0.3, 0.4) is 0 Å². The zero-order chi connectivity index (χ0) is 9.19. The Kier molecular flexibility index (Phi) is 2.32. The molecule has 0 unspecified atom stereocenters. The number of hydrogen-bond donors (Lipinski definition) is 3. The maximum absolute atomic E-state index is 10.8. The van der Waals surface area contributed by atoms with E-state index in [1.807, 2.05) is 0 Å². The van der Waals surface area contributed by atoms with Gasteiger partial charge in [-0.3, -0.25) is 9.59 Å². The summed E-state index contributed by atoms with van der Waals surface area (Å²) in [5.74, 6) is -2.07. The summed E-state index contributed by atoms with van der Waals surface area (Å²) in [5, 5.41) is 20.2. The van der Waals surface area contributed by atoms with E-state index in [9.17, 15) is 9.59 Å². The molecule has 1 saturated heterocycles. The molecule has 1 aliphatic heterocycles. The van der Waals surface area contributed by atoms with Gasteiger partial charge in [0.15, 0.2) is 0 Å². The van der Waals surface area contributed by atoms with E-state index in [2.05, 4.69) is 5.32 Å². The van der Waals surface area contributed by atoms with Gasteiger partial charge >= 0.3 is 11.9 Å². The van der Waals surface area contributed by atoms with E-state index in [1.165, 1.54) is 0 Å². The molecular formula is C7H11NO4. The summed E-state index contributed by atoms with van der Waals surface area (Å²) in [7, 11) is 0. The second-order valence-electron chi connectivity index (χ2n) is 3.08. The molecule has 5 nitrogen and oxygen atoms in total. The van der Waals surface area contributed by atoms with Crippen molar-refractivity contribution < 1.29 is 19.8 Å². The molecule has 0 bridgehead atoms. The molecule has 0 saturated carbocycles. The first-order chi connectivity index (χ1) is 5.57. The van der Waals surface area contributed by atoms with E-state index in [-0.39, 0.29) is 13.0 Å². The third-order valence-corrected chi connectivity index (χ3v) is 2.19. The molecule has 0 aliphatic carbocycles. The smallest absolute Gasteiger partial charge is 0.311 e. The molecule has 0 aromatic heterocycles. The van der Waals surface area contributed by atoms with Crippen molar-refractivity contribution in [3.63, 3.8) is 0 Å². The third kappa shape index (κ3) is 1.55. The summed E-state index contributed by atoms with van der Waals surface area (Å²) in [6, 6.07) is 0. The summed E-state index contributed by atoms with van der Waals surface area (Å²) < 4.78 is 0. The number of carboxylic acid groups (broad SMARTS) is 2. The Morgan fingerprint density at radius 2 is 2.08 bits per heavy atom. The summed E-state index contributed by atoms with van der Waals surface area (Å²) in [6.07, 6.45) is 0.101. The SMILES string of the molecule is O=C(O)C[C@]1(C(=O)O)CCNC1. The van der Waals surface area contributed by atoms with Crippen LogP contribution < -0.4 is 5.32 Å². The molecule has 1 aliphatic rings. The van der Waals surface area contributed by atoms with E-state index in [4.69, 9.17) is 10.2 Å². The Morgan fingerprint density at radius 3 is 2.42 bits per heavy atom. The van der Waals surface area contributed by atoms with Crippen LogP contribution >= 0.6 is 0 Å². The molecular weight excluding hydrogens is 162 g/mol. The number of hydrogen-bond acceptors (Lipinski definition) is 3. The Bertz CT molecular complexity index is 207. The normalized spacial score (nSPS) is 28.7. The fourth-order valence-corrected chi connectivity index (χ4v) is 1.44. The first-order valence-electron chi connectivity index (χ1n) is 3.73. The van der Waals surface area contributed by atoms with Gasteiger partial charge in [-0.05, 0) is 13.0 Å². The van der Waals surface area contributed by atoms with Gasteiger partial charge in [0.05, 0.1) is 11.8 Å². The Morgan fingerprint density at radius 1 is 1.42 bits per heavy atom. The zero-order valence-electron chi connectivity index (χ0n) is 6.54. The van der Waals surface area contributed by atoms with Crippen molar-refractivity contribution in [1.29, 1.82) is 0 Å². The van der Waals surface area contributed by atoms with Gasteiger partial charge in [-0.25, -0.2) is 0 Å². The average Bonchev–Trinajstić information content (AvgIpc) is 2.35. The number of carboxylic acids is 2. The van der Waals surface area contributed by atoms with Crippen molar-refractivity contribution in [2.75, 3.05) is 13.1 Å². The van der Waals surface area contributed by atoms with Crippen LogP contribution in [0.15, 0.2) is 0 Å². The van der Waals surface area contributed by atoms with Gasteiger partial charge < -0.3 is 15.5 Å². The lowest BCUT2D eigenvalue weighted by atomic mass is 9.84. The van der Waals surface area contributed by atoms with Crippen LogP contribution in [0.2, 0.25) is 0 Å². The molecule has 0 spiro atoms. The highest BCUT2D eigenvalue weighted by atomic mass is 16.4. The highest BCUT2D eigenvalue weighted by molar-refractivity contribution is 5.82. The molecule has 0 amide bonds. The molecule has 5 heteroatoms. The van der Waals surface area contributed by atoms with Gasteiger partial charge in [0.25, 0.3) is 0 Å². The molecule has 0 aromatic rings. The average molecular weight is 173 g/mol. The second kappa shape index (κ2) is 3.10. The van der Waals surface area contributed by atoms with Crippen LogP contribution in [0, 0.1) is 5.41 Å². The highest BCUT2D eigenvalue weighted by Gasteiger charge is 2.43. The van der Waals surface area contributed by atoms with Crippen LogP contribution in [-0.4, -0.2) is 35.2 Å². The van der Waals surface area contributed by atoms with Crippen LogP contribution in [-0.2, 0) is 9.59 Å². The monoisotopic (exact) mass is 173 g/mol. The largest absolute Gasteiger partial charge is 0.481 e. The van der Waals surface area contributed by atoms with Gasteiger partial charge in [0, 0.05) is 6.54 Å². The third-order valence-electron chi connectivity index (χ3n) is 2.19. The predicted octanol–water partition coefficient (Wildman–Crippen LogP) is -0.475. The zero-order valence-corrected chi connectivity index (χ0v) is 6.54. The van der Waals surface area contributed by atoms with E-state index < -0.39 is 17.4 Å². The number of nitrogens with one attached hydrogen (secondary N) is 1. The van der Waals surface area contributed by atoms with Gasteiger partial charge in [-0.2, -0.15) is 0 Å². The standard InChI is InChI=1S/C7H11NO4/c9-5(10)3-7(6(11)12)1-2-8-4-7/h8H,1-4H2,(H,9,10)(H,11,12)/t7-/m1/s1. The lowest BCUT2D eigenvalue weighted by Gasteiger charge is -2.19. The summed E-state index contributed by atoms with van der Waals surface area (Å²) in [4.78, 5) is 21.1. The van der Waals surface area contributed by atoms with Gasteiger partial charge in [0.1, 0.15) is 0 Å². The summed E-state index contributed by atoms with van der Waals surface area (Å²) in [6.45, 7) is 0.841. The molecule has 0 aromatic carbocycles. The van der Waals surface area contributed by atoms with Crippen molar-refractivity contribution >= 4 is 11.9 Å². The van der Waals surface area contributed by atoms with Crippen LogP contribution in [0.5, 0.6) is 0 Å². The van der Waals surface area contributed by atoms with Gasteiger partial charge in [-0.1, -0.05) is 0 Å². The number of aliphatic carboxylic acids is 2. The molecule has 1 atom stereocenters. The maximum Gasteiger partial charge on any atom is 0.311 e. The predicted molar refractivity (Wildman–Crippen MR) is 39.8 cm³/mol. The molecule has 1 heterocycles. The first kappa shape index (κ1) is 8.99. The summed E-state index contributed by atoms with van der Waals surface area (Å²) >= 11 is 0. The molecule has 12 heavy (non-hydrogen) atoms. The van der Waals surface area contributed by atoms with Crippen LogP contribution in [0.1, 0.15) is 12.8 Å². The van der Waals surface area contributed by atoms with Crippen molar-refractivity contribution in [2.45, 2.75) is 12.8 Å². The molecule has 3 N–H and O–H groups in total. The molecule has 0 radical (unpaired) electrons.